The summed E-state index contributed by atoms with van der Waals surface area (Å²) in [5.41, 5.74) is 2.60. The Balaban J connectivity index is 1.98. The van der Waals surface area contributed by atoms with Gasteiger partial charge in [-0.25, -0.2) is 4.79 Å². The molecule has 1 unspecified atom stereocenters. The Morgan fingerprint density at radius 1 is 1.19 bits per heavy atom. The molecular formula is C18H16N4O3S. The van der Waals surface area contributed by atoms with Crippen LogP contribution in [0.4, 0.5) is 16.2 Å². The fourth-order valence-corrected chi connectivity index (χ4v) is 3.17. The molecule has 2 aromatic rings. The van der Waals surface area contributed by atoms with Crippen molar-refractivity contribution in [3.8, 4) is 0 Å². The Labute approximate surface area is 155 Å². The molecule has 0 aliphatic carbocycles. The maximum absolute atomic E-state index is 11.9. The third-order valence-electron chi connectivity index (χ3n) is 3.96. The van der Waals surface area contributed by atoms with E-state index >= 15 is 0 Å². The topological polar surface area (TPSA) is 96.3 Å². The van der Waals surface area contributed by atoms with E-state index in [0.29, 0.717) is 21.8 Å². The number of non-ortho nitro benzene ring substituents is 1. The van der Waals surface area contributed by atoms with Gasteiger partial charge in [0.05, 0.1) is 11.0 Å². The molecule has 1 heterocycles. The van der Waals surface area contributed by atoms with Crippen LogP contribution in [0.5, 0.6) is 0 Å². The van der Waals surface area contributed by atoms with E-state index < -0.39 is 11.0 Å². The largest absolute Gasteiger partial charge is 0.346 e. The van der Waals surface area contributed by atoms with Gasteiger partial charge >= 0.3 is 6.03 Å². The number of rotatable bonds is 4. The molecule has 3 rings (SSSR count). The van der Waals surface area contributed by atoms with E-state index in [9.17, 15) is 14.9 Å². The number of hydrogen-bond donors (Lipinski definition) is 3. The van der Waals surface area contributed by atoms with Crippen LogP contribution in [-0.2, 0) is 0 Å². The highest BCUT2D eigenvalue weighted by atomic mass is 32.1. The predicted molar refractivity (Wildman–Crippen MR) is 103 cm³/mol. The van der Waals surface area contributed by atoms with Gasteiger partial charge < -0.3 is 16.0 Å². The van der Waals surface area contributed by atoms with Crippen molar-refractivity contribution in [2.45, 2.75) is 13.0 Å². The highest BCUT2D eigenvalue weighted by Gasteiger charge is 2.30. The average Bonchev–Trinajstić information content (AvgIpc) is 2.61. The SMILES string of the molecule is CC1=C(C(=S)Nc2ccccc2)C(c2cccc([N+](=O)[O-])c2)NC(=O)N1. The Kier molecular flexibility index (Phi) is 4.94. The van der Waals surface area contributed by atoms with Crippen molar-refractivity contribution >= 4 is 34.6 Å². The summed E-state index contributed by atoms with van der Waals surface area (Å²) in [6.07, 6.45) is 0. The van der Waals surface area contributed by atoms with E-state index in [-0.39, 0.29) is 11.7 Å². The van der Waals surface area contributed by atoms with Crippen molar-refractivity contribution in [2.75, 3.05) is 5.32 Å². The number of carbonyl (C=O) groups is 1. The Bertz CT molecular complexity index is 912. The number of urea groups is 1. The fourth-order valence-electron chi connectivity index (χ4n) is 2.78. The number of thiocarbonyl (C=S) groups is 1. The number of nitrogens with zero attached hydrogens (tertiary/aromatic N) is 1. The van der Waals surface area contributed by atoms with Crippen molar-refractivity contribution in [2.24, 2.45) is 0 Å². The molecule has 0 radical (unpaired) electrons. The van der Waals surface area contributed by atoms with Crippen LogP contribution < -0.4 is 16.0 Å². The van der Waals surface area contributed by atoms with Gasteiger partial charge in [0.25, 0.3) is 5.69 Å². The Morgan fingerprint density at radius 3 is 2.62 bits per heavy atom. The molecule has 1 aliphatic heterocycles. The summed E-state index contributed by atoms with van der Waals surface area (Å²) in [6.45, 7) is 1.75. The molecule has 1 atom stereocenters. The fraction of sp³-hybridized carbons (Fsp3) is 0.111. The summed E-state index contributed by atoms with van der Waals surface area (Å²) < 4.78 is 0. The lowest BCUT2D eigenvalue weighted by Gasteiger charge is -2.30. The molecule has 0 fully saturated rings. The normalized spacial score (nSPS) is 16.5. The van der Waals surface area contributed by atoms with Gasteiger partial charge in [-0.1, -0.05) is 42.5 Å². The standard InChI is InChI=1S/C18H16N4O3S/c1-11-15(17(26)20-13-7-3-2-4-8-13)16(21-18(23)19-11)12-6-5-9-14(10-12)22(24)25/h2-10,16H,1H3,(H,20,26)(H2,19,21,23). The number of amides is 2. The van der Waals surface area contributed by atoms with Crippen LogP contribution in [0.3, 0.4) is 0 Å². The minimum absolute atomic E-state index is 0.0470. The molecule has 0 saturated carbocycles. The number of benzene rings is 2. The van der Waals surface area contributed by atoms with Crippen LogP contribution in [0.1, 0.15) is 18.5 Å². The van der Waals surface area contributed by atoms with Crippen molar-refractivity contribution in [3.05, 3.63) is 81.5 Å². The number of hydrogen-bond acceptors (Lipinski definition) is 4. The number of allylic oxidation sites excluding steroid dienone is 1. The monoisotopic (exact) mass is 368 g/mol. The summed E-state index contributed by atoms with van der Waals surface area (Å²) in [7, 11) is 0. The lowest BCUT2D eigenvalue weighted by atomic mass is 9.95. The first kappa shape index (κ1) is 17.6. The highest BCUT2D eigenvalue weighted by Crippen LogP contribution is 2.30. The van der Waals surface area contributed by atoms with Crippen molar-refractivity contribution < 1.29 is 9.72 Å². The average molecular weight is 368 g/mol. The number of para-hydroxylation sites is 1. The van der Waals surface area contributed by atoms with Gasteiger partial charge in [0.15, 0.2) is 0 Å². The molecule has 7 nitrogen and oxygen atoms in total. The molecular weight excluding hydrogens is 352 g/mol. The number of nitro groups is 1. The molecule has 2 aromatic carbocycles. The Morgan fingerprint density at radius 2 is 1.92 bits per heavy atom. The van der Waals surface area contributed by atoms with Crippen molar-refractivity contribution in [1.29, 1.82) is 0 Å². The van der Waals surface area contributed by atoms with Gasteiger partial charge in [-0.05, 0) is 24.6 Å². The van der Waals surface area contributed by atoms with Crippen molar-refractivity contribution in [1.82, 2.24) is 10.6 Å². The maximum atomic E-state index is 11.9. The van der Waals surface area contributed by atoms with Crippen LogP contribution in [-0.4, -0.2) is 15.9 Å². The van der Waals surface area contributed by atoms with E-state index in [1.807, 2.05) is 30.3 Å². The van der Waals surface area contributed by atoms with Gasteiger partial charge in [-0.3, -0.25) is 10.1 Å². The van der Waals surface area contributed by atoms with Crippen molar-refractivity contribution in [3.63, 3.8) is 0 Å². The summed E-state index contributed by atoms with van der Waals surface area (Å²) >= 11 is 5.54. The zero-order valence-electron chi connectivity index (χ0n) is 13.9. The third kappa shape index (κ3) is 3.70. The number of anilines is 1. The van der Waals surface area contributed by atoms with E-state index in [1.165, 1.54) is 12.1 Å². The second-order valence-electron chi connectivity index (χ2n) is 5.74. The second kappa shape index (κ2) is 7.32. The Hall–Kier alpha value is -3.26. The first-order chi connectivity index (χ1) is 12.5. The van der Waals surface area contributed by atoms with E-state index in [0.717, 1.165) is 5.69 Å². The molecule has 0 aromatic heterocycles. The third-order valence-corrected chi connectivity index (χ3v) is 4.28. The molecule has 132 valence electrons. The van der Waals surface area contributed by atoms with Crippen LogP contribution in [0, 0.1) is 10.1 Å². The zero-order valence-corrected chi connectivity index (χ0v) is 14.7. The molecule has 0 spiro atoms. The first-order valence-electron chi connectivity index (χ1n) is 7.85. The summed E-state index contributed by atoms with van der Waals surface area (Å²) in [6, 6.07) is 14.6. The van der Waals surface area contributed by atoms with Crippen LogP contribution in [0.25, 0.3) is 0 Å². The highest BCUT2D eigenvalue weighted by molar-refractivity contribution is 7.81. The zero-order chi connectivity index (χ0) is 18.7. The molecule has 2 amide bonds. The van der Waals surface area contributed by atoms with Gasteiger partial charge in [0, 0.05) is 29.1 Å². The lowest BCUT2D eigenvalue weighted by molar-refractivity contribution is -0.384. The van der Waals surface area contributed by atoms with Crippen LogP contribution in [0.2, 0.25) is 0 Å². The molecule has 1 aliphatic rings. The van der Waals surface area contributed by atoms with Gasteiger partial charge in [-0.2, -0.15) is 0 Å². The first-order valence-corrected chi connectivity index (χ1v) is 8.25. The molecule has 0 saturated heterocycles. The van der Waals surface area contributed by atoms with Gasteiger partial charge in [0.2, 0.25) is 0 Å². The summed E-state index contributed by atoms with van der Waals surface area (Å²) in [4.78, 5) is 23.0. The number of nitrogens with one attached hydrogen (secondary N) is 3. The minimum Gasteiger partial charge on any atom is -0.346 e. The van der Waals surface area contributed by atoms with E-state index in [4.69, 9.17) is 12.2 Å². The van der Waals surface area contributed by atoms with Gasteiger partial charge in [0.1, 0.15) is 4.99 Å². The van der Waals surface area contributed by atoms with Crippen LogP contribution in [0.15, 0.2) is 65.9 Å². The number of nitro benzene ring substituents is 1. The summed E-state index contributed by atoms with van der Waals surface area (Å²) in [5, 5.41) is 19.7. The van der Waals surface area contributed by atoms with E-state index in [1.54, 1.807) is 19.1 Å². The molecule has 3 N–H and O–H groups in total. The van der Waals surface area contributed by atoms with E-state index in [2.05, 4.69) is 16.0 Å². The lowest BCUT2D eigenvalue weighted by Crippen LogP contribution is -2.45. The second-order valence-corrected chi connectivity index (χ2v) is 6.15. The summed E-state index contributed by atoms with van der Waals surface area (Å²) in [5.74, 6) is 0. The predicted octanol–water partition coefficient (Wildman–Crippen LogP) is 3.66. The van der Waals surface area contributed by atoms with Gasteiger partial charge in [-0.15, -0.1) is 0 Å². The molecule has 0 bridgehead atoms. The smallest absolute Gasteiger partial charge is 0.319 e. The maximum Gasteiger partial charge on any atom is 0.319 e. The number of carbonyl (C=O) groups excluding carboxylic acids is 1. The molecule has 8 heteroatoms. The minimum atomic E-state index is -0.590. The quantitative estimate of drug-likeness (QED) is 0.435. The van der Waals surface area contributed by atoms with Crippen LogP contribution >= 0.6 is 12.2 Å². The molecule has 26 heavy (non-hydrogen) atoms.